The van der Waals surface area contributed by atoms with Crippen molar-refractivity contribution in [3.8, 4) is 0 Å². The third-order valence-electron chi connectivity index (χ3n) is 3.50. The lowest BCUT2D eigenvalue weighted by molar-refractivity contribution is -0.149. The predicted octanol–water partition coefficient (Wildman–Crippen LogP) is 2.78. The van der Waals surface area contributed by atoms with Gasteiger partial charge in [-0.2, -0.15) is 4.31 Å². The van der Waals surface area contributed by atoms with Crippen LogP contribution < -0.4 is 0 Å². The zero-order valence-electron chi connectivity index (χ0n) is 12.0. The van der Waals surface area contributed by atoms with E-state index in [0.29, 0.717) is 36.7 Å². The highest BCUT2D eigenvalue weighted by Gasteiger charge is 2.33. The fourth-order valence-electron chi connectivity index (χ4n) is 2.28. The number of nitrogens with zero attached hydrogens (tertiary/aromatic N) is 1. The molecule has 0 aromatic carbocycles. The molecule has 1 saturated heterocycles. The lowest BCUT2D eigenvalue weighted by atomic mass is 9.98. The molecule has 0 aliphatic carbocycles. The van der Waals surface area contributed by atoms with Gasteiger partial charge in [-0.15, -0.1) is 11.3 Å². The topological polar surface area (TPSA) is 63.7 Å². The van der Waals surface area contributed by atoms with Gasteiger partial charge in [0.15, 0.2) is 0 Å². The van der Waals surface area contributed by atoms with Crippen molar-refractivity contribution in [1.29, 1.82) is 0 Å². The molecule has 118 valence electrons. The number of carbonyl (C=O) groups is 1. The van der Waals surface area contributed by atoms with Crippen molar-refractivity contribution >= 4 is 43.3 Å². The maximum Gasteiger partial charge on any atom is 0.309 e. The van der Waals surface area contributed by atoms with Gasteiger partial charge < -0.3 is 4.74 Å². The number of carbonyl (C=O) groups excluding carboxylic acids is 1. The Kier molecular flexibility index (Phi) is 5.45. The number of piperidine rings is 1. The number of rotatable bonds is 4. The molecule has 0 saturated carbocycles. The molecule has 1 aliphatic rings. The Bertz CT molecular complexity index is 599. The molecule has 1 fully saturated rings. The highest BCUT2D eigenvalue weighted by Crippen LogP contribution is 2.33. The van der Waals surface area contributed by atoms with E-state index in [4.69, 9.17) is 4.74 Å². The molecule has 21 heavy (non-hydrogen) atoms. The van der Waals surface area contributed by atoms with E-state index in [1.807, 2.05) is 6.92 Å². The number of thiophene rings is 1. The van der Waals surface area contributed by atoms with Crippen LogP contribution in [0.4, 0.5) is 0 Å². The molecule has 0 atom stereocenters. The molecule has 1 aromatic heterocycles. The second kappa shape index (κ2) is 6.76. The molecule has 8 heteroatoms. The largest absolute Gasteiger partial charge is 0.466 e. The van der Waals surface area contributed by atoms with Crippen LogP contribution in [-0.4, -0.2) is 38.4 Å². The highest BCUT2D eigenvalue weighted by atomic mass is 79.9. The Morgan fingerprint density at radius 1 is 1.48 bits per heavy atom. The minimum Gasteiger partial charge on any atom is -0.466 e. The molecule has 2 heterocycles. The normalized spacial score (nSPS) is 17.9. The number of esters is 1. The van der Waals surface area contributed by atoms with Crippen LogP contribution in [0.2, 0.25) is 0 Å². The van der Waals surface area contributed by atoms with Gasteiger partial charge >= 0.3 is 5.97 Å². The van der Waals surface area contributed by atoms with E-state index >= 15 is 0 Å². The van der Waals surface area contributed by atoms with Crippen molar-refractivity contribution in [3.63, 3.8) is 0 Å². The quantitative estimate of drug-likeness (QED) is 0.735. The smallest absolute Gasteiger partial charge is 0.309 e. The SMILES string of the molecule is CCOC(=O)C1CCN(S(=O)(=O)c2cc(C)c(Br)s2)CC1. The van der Waals surface area contributed by atoms with Gasteiger partial charge in [0.25, 0.3) is 10.0 Å². The third-order valence-corrected chi connectivity index (χ3v) is 7.99. The Labute approximate surface area is 137 Å². The summed E-state index contributed by atoms with van der Waals surface area (Å²) >= 11 is 4.58. The minimum atomic E-state index is -3.46. The zero-order valence-corrected chi connectivity index (χ0v) is 15.2. The number of ether oxygens (including phenoxy) is 1. The molecule has 0 unspecified atom stereocenters. The second-order valence-electron chi connectivity index (χ2n) is 4.95. The van der Waals surface area contributed by atoms with E-state index in [2.05, 4.69) is 15.9 Å². The van der Waals surface area contributed by atoms with Gasteiger partial charge in [0.1, 0.15) is 4.21 Å². The maximum absolute atomic E-state index is 12.6. The molecule has 0 amide bonds. The molecule has 1 aliphatic heterocycles. The summed E-state index contributed by atoms with van der Waals surface area (Å²) in [5.41, 5.74) is 0.917. The first-order valence-electron chi connectivity index (χ1n) is 6.79. The van der Waals surface area contributed by atoms with Crippen molar-refractivity contribution < 1.29 is 17.9 Å². The van der Waals surface area contributed by atoms with Gasteiger partial charge in [-0.3, -0.25) is 4.79 Å². The number of halogens is 1. The minimum absolute atomic E-state index is 0.187. The van der Waals surface area contributed by atoms with Gasteiger partial charge in [0.05, 0.1) is 16.3 Å². The molecule has 0 bridgehead atoms. The van der Waals surface area contributed by atoms with E-state index in [0.717, 1.165) is 9.35 Å². The van der Waals surface area contributed by atoms with E-state index in [9.17, 15) is 13.2 Å². The van der Waals surface area contributed by atoms with Gasteiger partial charge in [0, 0.05) is 13.1 Å². The van der Waals surface area contributed by atoms with Crippen molar-refractivity contribution in [2.75, 3.05) is 19.7 Å². The first-order valence-corrected chi connectivity index (χ1v) is 9.84. The average Bonchev–Trinajstić information content (AvgIpc) is 2.80. The maximum atomic E-state index is 12.6. The number of aryl methyl sites for hydroxylation is 1. The molecule has 2 rings (SSSR count). The van der Waals surface area contributed by atoms with Crippen LogP contribution in [0.15, 0.2) is 14.1 Å². The van der Waals surface area contributed by atoms with Crippen LogP contribution in [0.1, 0.15) is 25.3 Å². The van der Waals surface area contributed by atoms with Crippen LogP contribution in [-0.2, 0) is 19.6 Å². The van der Waals surface area contributed by atoms with Crippen LogP contribution >= 0.6 is 27.3 Å². The van der Waals surface area contributed by atoms with Gasteiger partial charge in [-0.1, -0.05) is 0 Å². The van der Waals surface area contributed by atoms with Crippen LogP contribution in [0, 0.1) is 12.8 Å². The summed E-state index contributed by atoms with van der Waals surface area (Å²) in [5.74, 6) is -0.405. The third kappa shape index (κ3) is 3.67. The lowest BCUT2D eigenvalue weighted by Gasteiger charge is -2.29. The first-order chi connectivity index (χ1) is 9.86. The summed E-state index contributed by atoms with van der Waals surface area (Å²) in [5, 5.41) is 0. The average molecular weight is 396 g/mol. The molecule has 0 radical (unpaired) electrons. The van der Waals surface area contributed by atoms with Crippen molar-refractivity contribution in [3.05, 3.63) is 15.4 Å². The summed E-state index contributed by atoms with van der Waals surface area (Å²) in [6, 6.07) is 1.68. The van der Waals surface area contributed by atoms with Crippen molar-refractivity contribution in [2.45, 2.75) is 30.9 Å². The predicted molar refractivity (Wildman–Crippen MR) is 84.9 cm³/mol. The van der Waals surface area contributed by atoms with Crippen molar-refractivity contribution in [2.24, 2.45) is 5.92 Å². The van der Waals surface area contributed by atoms with Gasteiger partial charge in [0.2, 0.25) is 0 Å². The summed E-state index contributed by atoms with van der Waals surface area (Å²) in [6.45, 7) is 4.72. The molecule has 0 N–H and O–H groups in total. The van der Waals surface area contributed by atoms with Crippen molar-refractivity contribution in [1.82, 2.24) is 4.31 Å². The second-order valence-corrected chi connectivity index (χ2v) is 9.49. The Balaban J connectivity index is 2.06. The van der Waals surface area contributed by atoms with E-state index in [1.54, 1.807) is 13.0 Å². The summed E-state index contributed by atoms with van der Waals surface area (Å²) in [6.07, 6.45) is 1.03. The molecule has 1 aromatic rings. The molecular formula is C13H18BrNO4S2. The van der Waals surface area contributed by atoms with Crippen LogP contribution in [0.25, 0.3) is 0 Å². The molecule has 5 nitrogen and oxygen atoms in total. The Hall–Kier alpha value is -0.440. The Morgan fingerprint density at radius 2 is 2.10 bits per heavy atom. The summed E-state index contributed by atoms with van der Waals surface area (Å²) in [7, 11) is -3.46. The fraction of sp³-hybridized carbons (Fsp3) is 0.615. The lowest BCUT2D eigenvalue weighted by Crippen LogP contribution is -2.40. The highest BCUT2D eigenvalue weighted by molar-refractivity contribution is 9.11. The molecular weight excluding hydrogens is 378 g/mol. The van der Waals surface area contributed by atoms with E-state index < -0.39 is 10.0 Å². The summed E-state index contributed by atoms with van der Waals surface area (Å²) in [4.78, 5) is 11.7. The number of hydrogen-bond donors (Lipinski definition) is 0. The van der Waals surface area contributed by atoms with E-state index in [-0.39, 0.29) is 11.9 Å². The fourth-order valence-corrected chi connectivity index (χ4v) is 6.13. The number of hydrogen-bond acceptors (Lipinski definition) is 5. The van der Waals surface area contributed by atoms with Crippen LogP contribution in [0.5, 0.6) is 0 Å². The Morgan fingerprint density at radius 3 is 2.57 bits per heavy atom. The monoisotopic (exact) mass is 395 g/mol. The van der Waals surface area contributed by atoms with Crippen LogP contribution in [0.3, 0.4) is 0 Å². The van der Waals surface area contributed by atoms with Gasteiger partial charge in [-0.25, -0.2) is 8.42 Å². The first kappa shape index (κ1) is 16.9. The standard InChI is InChI=1S/C13H18BrNO4S2/c1-3-19-13(16)10-4-6-15(7-5-10)21(17,18)11-8-9(2)12(14)20-11/h8,10H,3-7H2,1-2H3. The summed E-state index contributed by atoms with van der Waals surface area (Å²) < 4.78 is 32.7. The van der Waals surface area contributed by atoms with Gasteiger partial charge in [-0.05, 0) is 54.2 Å². The zero-order chi connectivity index (χ0) is 15.6. The van der Waals surface area contributed by atoms with E-state index in [1.165, 1.54) is 15.6 Å². The molecule has 0 spiro atoms. The number of sulfonamides is 1.